The molecule has 1 nitrogen and oxygen atoms in total. The van der Waals surface area contributed by atoms with Gasteiger partial charge >= 0.3 is 288 Å². The fraction of sp³-hybridized carbons (Fsp3) is 0.349. The molecule has 0 N–H and O–H groups in total. The number of allylic oxidation sites excluding steroid dienone is 2. The number of rotatable bonds is 5. The van der Waals surface area contributed by atoms with Crippen LogP contribution in [0.3, 0.4) is 0 Å². The largest absolute Gasteiger partial charge is 1.00 e. The Labute approximate surface area is 310 Å². The van der Waals surface area contributed by atoms with Crippen molar-refractivity contribution in [3.63, 3.8) is 0 Å². The first-order valence-corrected chi connectivity index (χ1v) is 25.8. The van der Waals surface area contributed by atoms with Gasteiger partial charge in [-0.15, -0.1) is 0 Å². The van der Waals surface area contributed by atoms with Crippen molar-refractivity contribution in [2.75, 3.05) is 7.11 Å². The van der Waals surface area contributed by atoms with Gasteiger partial charge < -0.3 is 24.8 Å². The van der Waals surface area contributed by atoms with Gasteiger partial charge in [-0.1, -0.05) is 0 Å². The summed E-state index contributed by atoms with van der Waals surface area (Å²) in [6.45, 7) is 24.0. The Morgan fingerprint density at radius 3 is 1.77 bits per heavy atom. The van der Waals surface area contributed by atoms with E-state index in [-0.39, 0.29) is 35.6 Å². The van der Waals surface area contributed by atoms with E-state index in [9.17, 15) is 0 Å². The van der Waals surface area contributed by atoms with Crippen LogP contribution in [0.25, 0.3) is 34.4 Å². The van der Waals surface area contributed by atoms with Crippen molar-refractivity contribution in [2.45, 2.75) is 86.6 Å². The molecule has 48 heavy (non-hydrogen) atoms. The number of hydrogen-bond acceptors (Lipinski definition) is 1. The predicted octanol–water partition coefficient (Wildman–Crippen LogP) is 6.12. The summed E-state index contributed by atoms with van der Waals surface area (Å²) < 4.78 is 7.44. The average molecular weight is 773 g/mol. The number of ether oxygens (including phenoxy) is 1. The monoisotopic (exact) mass is 770 g/mol. The van der Waals surface area contributed by atoms with Gasteiger partial charge in [0.1, 0.15) is 0 Å². The Bertz CT molecular complexity index is 1920. The summed E-state index contributed by atoms with van der Waals surface area (Å²) in [5.41, 5.74) is 16.7. The second kappa shape index (κ2) is 14.6. The summed E-state index contributed by atoms with van der Waals surface area (Å²) in [7, 11) is 1.85. The summed E-state index contributed by atoms with van der Waals surface area (Å²) in [6.07, 6.45) is 5.09. The van der Waals surface area contributed by atoms with Crippen molar-refractivity contribution in [1.82, 2.24) is 0 Å². The minimum atomic E-state index is -2.25. The molecule has 2 unspecified atom stereocenters. The van der Waals surface area contributed by atoms with Gasteiger partial charge in [-0.3, -0.25) is 0 Å². The predicted molar refractivity (Wildman–Crippen MR) is 198 cm³/mol. The third kappa shape index (κ3) is 6.92. The molecular formula is C43H50Cl2OSiZr. The Balaban J connectivity index is 0.00000260. The molecule has 5 heteroatoms. The van der Waals surface area contributed by atoms with E-state index in [1.807, 2.05) is 7.11 Å². The molecule has 0 spiro atoms. The van der Waals surface area contributed by atoms with Gasteiger partial charge in [-0.05, 0) is 0 Å². The second-order valence-corrected chi connectivity index (χ2v) is 33.6. The van der Waals surface area contributed by atoms with Crippen LogP contribution < -0.4 is 29.6 Å². The number of hydrogen-bond donors (Lipinski definition) is 0. The number of benzene rings is 4. The molecular weight excluding hydrogens is 723 g/mol. The third-order valence-corrected chi connectivity index (χ3v) is 30.0. The van der Waals surface area contributed by atoms with E-state index in [0.29, 0.717) is 7.25 Å². The number of fused-ring (bicyclic) bond motifs is 2. The van der Waals surface area contributed by atoms with Crippen LogP contribution in [0.1, 0.15) is 96.0 Å². The molecule has 4 aromatic rings. The van der Waals surface area contributed by atoms with Gasteiger partial charge in [0, 0.05) is 0 Å². The van der Waals surface area contributed by atoms with Crippen LogP contribution in [0.5, 0.6) is 5.75 Å². The van der Waals surface area contributed by atoms with Crippen LogP contribution >= 0.6 is 0 Å². The van der Waals surface area contributed by atoms with Crippen molar-refractivity contribution >= 4 is 17.6 Å². The van der Waals surface area contributed by atoms with E-state index in [2.05, 4.69) is 159 Å². The van der Waals surface area contributed by atoms with Crippen LogP contribution in [0, 0.1) is 0 Å². The summed E-state index contributed by atoms with van der Waals surface area (Å²) in [5.74, 6) is 1.04. The number of halogens is 2. The van der Waals surface area contributed by atoms with Crippen molar-refractivity contribution in [1.29, 1.82) is 0 Å². The quantitative estimate of drug-likeness (QED) is 0.223. The average Bonchev–Trinajstić information content (AvgIpc) is 3.51. The minimum Gasteiger partial charge on any atom is -1.00 e. The zero-order chi connectivity index (χ0) is 33.1. The molecule has 4 aromatic carbocycles. The molecule has 0 aromatic heterocycles. The van der Waals surface area contributed by atoms with Gasteiger partial charge in [0.05, 0.1) is 0 Å². The zero-order valence-electron chi connectivity index (χ0n) is 30.5. The molecule has 0 saturated carbocycles. The van der Waals surface area contributed by atoms with Crippen LogP contribution in [0.4, 0.5) is 0 Å². The fourth-order valence-electron chi connectivity index (χ4n) is 7.83. The maximum absolute atomic E-state index is 6.29. The molecule has 0 aliphatic heterocycles. The third-order valence-electron chi connectivity index (χ3n) is 10.1. The molecule has 250 valence electrons. The molecule has 2 aliphatic rings. The first kappa shape index (κ1) is 38.6. The maximum Gasteiger partial charge on any atom is -1.00 e. The molecule has 0 heterocycles. The molecule has 0 amide bonds. The minimum absolute atomic E-state index is 0. The molecule has 0 radical (unpaired) electrons. The summed E-state index contributed by atoms with van der Waals surface area (Å²) in [5, 5.41) is 0. The first-order valence-electron chi connectivity index (χ1n) is 16.8. The van der Waals surface area contributed by atoms with Crippen LogP contribution in [0.15, 0.2) is 90.0 Å². The van der Waals surface area contributed by atoms with Crippen molar-refractivity contribution in [3.8, 4) is 28.0 Å². The Hall–Kier alpha value is -2.16. The van der Waals surface area contributed by atoms with Crippen LogP contribution in [-0.4, -0.2) is 12.5 Å². The maximum atomic E-state index is 6.29. The zero-order valence-corrected chi connectivity index (χ0v) is 35.4. The second-order valence-electron chi connectivity index (χ2n) is 15.7. The molecule has 0 fully saturated rings. The summed E-state index contributed by atoms with van der Waals surface area (Å²) in [4.78, 5) is 0. The normalized spacial score (nSPS) is 16.4. The SMILES string of the molecule is COc1c(C(C)(C)C)cc2c(c1-c1ccccc1)C=C(C)[CH]2[Zr+2]([CH]1C(C)=Cc2c(-c3ccc(C(C)(C)C)cc3)cccc21)=[Si](C)C.[Cl-].[Cl-]. The van der Waals surface area contributed by atoms with Gasteiger partial charge in [0.25, 0.3) is 0 Å². The van der Waals surface area contributed by atoms with Gasteiger partial charge in [0.2, 0.25) is 0 Å². The Kier molecular flexibility index (Phi) is 11.7. The molecule has 0 saturated heterocycles. The first-order chi connectivity index (χ1) is 21.7. The standard InChI is InChI=1S/C21H23O.C20H21.C2H6Si.2ClH.Zr/c1-14-11-16-13-18(21(2,3)4)20(22-5)19(17(16)12-14)15-9-7-6-8-10-15;1-14-12-16-6-5-7-18(19(16)13-14)15-8-10-17(11-9-15)20(2,3)4;1-3-2;;;/h6-13H,1-5H3;5-13H,1-4H3;1-2H3;2*1H;/q;;;;;+2/p-2. The van der Waals surface area contributed by atoms with Crippen molar-refractivity contribution in [3.05, 3.63) is 123 Å². The fourth-order valence-corrected chi connectivity index (χ4v) is 28.5. The smallest absolute Gasteiger partial charge is 1.00 e. The van der Waals surface area contributed by atoms with E-state index < -0.39 is 25.8 Å². The molecule has 6 rings (SSSR count). The Morgan fingerprint density at radius 1 is 0.646 bits per heavy atom. The number of methoxy groups -OCH3 is 1. The topological polar surface area (TPSA) is 9.23 Å². The van der Waals surface area contributed by atoms with E-state index >= 15 is 0 Å². The summed E-state index contributed by atoms with van der Waals surface area (Å²) in [6, 6.07) is 30.0. The van der Waals surface area contributed by atoms with E-state index in [4.69, 9.17) is 4.74 Å². The molecule has 2 aliphatic carbocycles. The van der Waals surface area contributed by atoms with Crippen LogP contribution in [-0.2, 0) is 31.2 Å². The summed E-state index contributed by atoms with van der Waals surface area (Å²) >= 11 is -2.25. The van der Waals surface area contributed by atoms with Crippen LogP contribution in [0.2, 0.25) is 13.1 Å². The molecule has 2 atom stereocenters. The van der Waals surface area contributed by atoms with E-state index in [1.165, 1.54) is 44.5 Å². The van der Waals surface area contributed by atoms with E-state index in [1.54, 1.807) is 22.3 Å². The van der Waals surface area contributed by atoms with Gasteiger partial charge in [-0.2, -0.15) is 0 Å². The van der Waals surface area contributed by atoms with E-state index in [0.717, 1.165) is 5.75 Å². The molecule has 0 bridgehead atoms. The Morgan fingerprint density at radius 2 is 1.23 bits per heavy atom. The van der Waals surface area contributed by atoms with Crippen molar-refractivity contribution in [2.24, 2.45) is 0 Å². The van der Waals surface area contributed by atoms with Gasteiger partial charge in [-0.25, -0.2) is 0 Å². The van der Waals surface area contributed by atoms with Crippen molar-refractivity contribution < 1.29 is 49.9 Å². The van der Waals surface area contributed by atoms with Gasteiger partial charge in [0.15, 0.2) is 0 Å².